The number of aromatic hydroxyl groups is 1. The lowest BCUT2D eigenvalue weighted by molar-refractivity contribution is 0.475. The van der Waals surface area contributed by atoms with Crippen LogP contribution in [0.15, 0.2) is 67.0 Å². The van der Waals surface area contributed by atoms with Gasteiger partial charge in [-0.3, -0.25) is 0 Å². The second-order valence-electron chi connectivity index (χ2n) is 6.79. The Morgan fingerprint density at radius 3 is 2.69 bits per heavy atom. The second-order valence-corrected chi connectivity index (χ2v) is 7.85. The van der Waals surface area contributed by atoms with Gasteiger partial charge in [0.1, 0.15) is 22.4 Å². The molecule has 0 aliphatic carbocycles. The fraction of sp³-hybridized carbons (Fsp3) is 0.136. The summed E-state index contributed by atoms with van der Waals surface area (Å²) < 4.78 is 0. The number of pyridine rings is 2. The molecule has 0 radical (unpaired) electrons. The van der Waals surface area contributed by atoms with E-state index in [0.29, 0.717) is 6.42 Å². The Morgan fingerprint density at radius 1 is 1.07 bits per heavy atom. The van der Waals surface area contributed by atoms with Gasteiger partial charge in [-0.25, -0.2) is 15.0 Å². The lowest BCUT2D eigenvalue weighted by atomic mass is 10.1. The highest BCUT2D eigenvalue weighted by atomic mass is 32.1. The summed E-state index contributed by atoms with van der Waals surface area (Å²) in [5, 5.41) is 13.5. The molecule has 0 bridgehead atoms. The van der Waals surface area contributed by atoms with Gasteiger partial charge in [0.2, 0.25) is 0 Å². The van der Waals surface area contributed by atoms with Crippen molar-refractivity contribution in [3.63, 3.8) is 0 Å². The number of nitrogens with zero attached hydrogens (tertiary/aromatic N) is 3. The number of nitrogens with one attached hydrogen (secondary N) is 1. The first-order valence-corrected chi connectivity index (χ1v) is 10.0. The molecule has 0 spiro atoms. The molecule has 7 heteroatoms. The Bertz CT molecular complexity index is 1110. The maximum atomic E-state index is 9.41. The molecule has 3 aromatic heterocycles. The topological polar surface area (TPSA) is 97.0 Å². The standard InChI is InChI=1S/C22H21N5OS/c1-14-9-10-24-21(11-14)27-20-4-2-3-18(26-20)19-13-25-22(29-19)17(23)12-15-5-7-16(28)8-6-15/h2-11,13,17,28H,12,23H2,1H3,(H,24,26,27)/t17-/m0/s1. The Balaban J connectivity index is 1.49. The van der Waals surface area contributed by atoms with Crippen LogP contribution in [0.2, 0.25) is 0 Å². The van der Waals surface area contributed by atoms with Crippen LogP contribution in [0.25, 0.3) is 10.6 Å². The summed E-state index contributed by atoms with van der Waals surface area (Å²) in [6, 6.07) is 16.6. The highest BCUT2D eigenvalue weighted by Gasteiger charge is 2.14. The number of thiazole rings is 1. The smallest absolute Gasteiger partial charge is 0.132 e. The molecular weight excluding hydrogens is 382 g/mol. The third-order valence-electron chi connectivity index (χ3n) is 4.41. The van der Waals surface area contributed by atoms with Crippen molar-refractivity contribution in [3.05, 3.63) is 83.1 Å². The second kappa shape index (κ2) is 8.38. The molecule has 3 heterocycles. The van der Waals surface area contributed by atoms with Crippen molar-refractivity contribution in [2.45, 2.75) is 19.4 Å². The molecule has 1 aromatic carbocycles. The molecule has 4 aromatic rings. The summed E-state index contributed by atoms with van der Waals surface area (Å²) >= 11 is 1.54. The Kier molecular flexibility index (Phi) is 5.50. The molecule has 1 atom stereocenters. The normalized spacial score (nSPS) is 11.9. The molecule has 0 unspecified atom stereocenters. The zero-order chi connectivity index (χ0) is 20.2. The van der Waals surface area contributed by atoms with Gasteiger partial charge in [0, 0.05) is 12.4 Å². The molecule has 0 saturated carbocycles. The van der Waals surface area contributed by atoms with Crippen molar-refractivity contribution in [2.75, 3.05) is 5.32 Å². The van der Waals surface area contributed by atoms with Crippen molar-refractivity contribution >= 4 is 23.0 Å². The number of hydrogen-bond acceptors (Lipinski definition) is 7. The van der Waals surface area contributed by atoms with Crippen LogP contribution in [-0.4, -0.2) is 20.1 Å². The van der Waals surface area contributed by atoms with E-state index in [0.717, 1.165) is 38.3 Å². The van der Waals surface area contributed by atoms with Gasteiger partial charge in [0.25, 0.3) is 0 Å². The number of rotatable bonds is 6. The molecule has 4 N–H and O–H groups in total. The molecular formula is C22H21N5OS. The van der Waals surface area contributed by atoms with Gasteiger partial charge >= 0.3 is 0 Å². The molecule has 0 amide bonds. The molecule has 29 heavy (non-hydrogen) atoms. The van der Waals surface area contributed by atoms with Gasteiger partial charge in [-0.1, -0.05) is 18.2 Å². The summed E-state index contributed by atoms with van der Waals surface area (Å²) in [6.07, 6.45) is 4.24. The number of phenols is 1. The number of aromatic nitrogens is 3. The number of nitrogens with two attached hydrogens (primary N) is 1. The van der Waals surface area contributed by atoms with E-state index >= 15 is 0 Å². The van der Waals surface area contributed by atoms with Gasteiger partial charge in [0.15, 0.2) is 0 Å². The van der Waals surface area contributed by atoms with Crippen LogP contribution in [0, 0.1) is 6.92 Å². The van der Waals surface area contributed by atoms with Crippen LogP contribution in [0.5, 0.6) is 5.75 Å². The van der Waals surface area contributed by atoms with Crippen LogP contribution >= 0.6 is 11.3 Å². The first-order valence-electron chi connectivity index (χ1n) is 9.23. The number of benzene rings is 1. The molecule has 0 aliphatic rings. The molecule has 0 saturated heterocycles. The molecule has 0 aliphatic heterocycles. The largest absolute Gasteiger partial charge is 0.508 e. The Morgan fingerprint density at radius 2 is 1.90 bits per heavy atom. The minimum Gasteiger partial charge on any atom is -0.508 e. The highest BCUT2D eigenvalue weighted by Crippen LogP contribution is 2.29. The van der Waals surface area contributed by atoms with Crippen LogP contribution < -0.4 is 11.1 Å². The van der Waals surface area contributed by atoms with E-state index in [4.69, 9.17) is 5.73 Å². The molecule has 0 fully saturated rings. The zero-order valence-corrected chi connectivity index (χ0v) is 16.7. The van der Waals surface area contributed by atoms with Crippen LogP contribution in [-0.2, 0) is 6.42 Å². The average molecular weight is 404 g/mol. The maximum Gasteiger partial charge on any atom is 0.132 e. The van der Waals surface area contributed by atoms with E-state index < -0.39 is 0 Å². The Labute approximate surface area is 173 Å². The van der Waals surface area contributed by atoms with Gasteiger partial charge in [-0.2, -0.15) is 0 Å². The Hall–Kier alpha value is -3.29. The third-order valence-corrected chi connectivity index (χ3v) is 5.56. The van der Waals surface area contributed by atoms with Crippen molar-refractivity contribution in [1.82, 2.24) is 15.0 Å². The lowest BCUT2D eigenvalue weighted by Crippen LogP contribution is -2.12. The first-order chi connectivity index (χ1) is 14.1. The monoisotopic (exact) mass is 403 g/mol. The number of aryl methyl sites for hydroxylation is 1. The number of phenolic OH excluding ortho intramolecular Hbond substituents is 1. The van der Waals surface area contributed by atoms with Crippen LogP contribution in [0.1, 0.15) is 22.2 Å². The van der Waals surface area contributed by atoms with Crippen molar-refractivity contribution in [3.8, 4) is 16.3 Å². The van der Waals surface area contributed by atoms with Gasteiger partial charge in [-0.05, 0) is 60.9 Å². The van der Waals surface area contributed by atoms with Crippen molar-refractivity contribution in [1.29, 1.82) is 0 Å². The van der Waals surface area contributed by atoms with Crippen molar-refractivity contribution in [2.24, 2.45) is 5.73 Å². The third kappa shape index (κ3) is 4.77. The fourth-order valence-electron chi connectivity index (χ4n) is 2.93. The summed E-state index contributed by atoms with van der Waals surface area (Å²) in [5.74, 6) is 1.73. The first kappa shape index (κ1) is 19.0. The summed E-state index contributed by atoms with van der Waals surface area (Å²) in [6.45, 7) is 2.02. The van der Waals surface area contributed by atoms with Gasteiger partial charge in [0.05, 0.1) is 16.6 Å². The SMILES string of the molecule is Cc1ccnc(Nc2cccc(-c3cnc([C@@H](N)Cc4ccc(O)cc4)s3)n2)c1. The quantitative estimate of drug-likeness (QED) is 0.435. The molecule has 146 valence electrons. The van der Waals surface area contributed by atoms with E-state index in [-0.39, 0.29) is 11.8 Å². The van der Waals surface area contributed by atoms with Crippen molar-refractivity contribution < 1.29 is 5.11 Å². The summed E-state index contributed by atoms with van der Waals surface area (Å²) in [5.41, 5.74) is 9.37. The maximum absolute atomic E-state index is 9.41. The van der Waals surface area contributed by atoms with E-state index in [1.54, 1.807) is 29.7 Å². The minimum atomic E-state index is -0.212. The summed E-state index contributed by atoms with van der Waals surface area (Å²) in [7, 11) is 0. The van der Waals surface area contributed by atoms with E-state index in [2.05, 4.69) is 20.3 Å². The van der Waals surface area contributed by atoms with Crippen LogP contribution in [0.3, 0.4) is 0 Å². The fourth-order valence-corrected chi connectivity index (χ4v) is 3.82. The van der Waals surface area contributed by atoms with E-state index in [9.17, 15) is 5.11 Å². The predicted molar refractivity (Wildman–Crippen MR) is 116 cm³/mol. The van der Waals surface area contributed by atoms with Gasteiger partial charge < -0.3 is 16.2 Å². The van der Waals surface area contributed by atoms with E-state index in [1.165, 1.54) is 0 Å². The zero-order valence-electron chi connectivity index (χ0n) is 15.9. The number of anilines is 2. The van der Waals surface area contributed by atoms with E-state index in [1.807, 2.05) is 55.6 Å². The van der Waals surface area contributed by atoms with Crippen LogP contribution in [0.4, 0.5) is 11.6 Å². The number of hydrogen-bond donors (Lipinski definition) is 3. The highest BCUT2D eigenvalue weighted by molar-refractivity contribution is 7.15. The van der Waals surface area contributed by atoms with Gasteiger partial charge in [-0.15, -0.1) is 11.3 Å². The predicted octanol–water partition coefficient (Wildman–Crippen LogP) is 4.60. The minimum absolute atomic E-state index is 0.212. The molecule has 4 rings (SSSR count). The lowest BCUT2D eigenvalue weighted by Gasteiger charge is -2.08. The summed E-state index contributed by atoms with van der Waals surface area (Å²) in [4.78, 5) is 14.5. The molecule has 6 nitrogen and oxygen atoms in total. The average Bonchev–Trinajstić information content (AvgIpc) is 3.20.